The minimum Gasteiger partial charge on any atom is -0.390 e. The molecule has 1 saturated heterocycles. The molecular weight excluding hydrogens is 132 g/mol. The minimum atomic E-state index is -0.524. The highest BCUT2D eigenvalue weighted by Crippen LogP contribution is 2.19. The van der Waals surface area contributed by atoms with E-state index in [1.54, 1.807) is 0 Å². The molecule has 1 aliphatic rings. The fourth-order valence-corrected chi connectivity index (χ4v) is 1.16. The average molecular weight is 146 g/mol. The lowest BCUT2D eigenvalue weighted by atomic mass is 9.93. The molecule has 0 aromatic rings. The maximum Gasteiger partial charge on any atom is 0.0850 e. The molecule has 3 nitrogen and oxygen atoms in total. The predicted molar refractivity (Wildman–Crippen MR) is 36.6 cm³/mol. The van der Waals surface area contributed by atoms with Gasteiger partial charge in [0.1, 0.15) is 0 Å². The van der Waals surface area contributed by atoms with Gasteiger partial charge in [-0.3, -0.25) is 0 Å². The second kappa shape index (κ2) is 2.86. The van der Waals surface area contributed by atoms with Gasteiger partial charge in [-0.05, 0) is 6.92 Å². The Morgan fingerprint density at radius 3 is 2.40 bits per heavy atom. The quantitative estimate of drug-likeness (QED) is 0.496. The van der Waals surface area contributed by atoms with Crippen LogP contribution in [0.3, 0.4) is 0 Å². The van der Waals surface area contributed by atoms with Crippen molar-refractivity contribution in [2.24, 2.45) is 5.92 Å². The molecule has 1 heterocycles. The summed E-state index contributed by atoms with van der Waals surface area (Å²) in [6.07, 6.45) is -1.17. The van der Waals surface area contributed by atoms with Gasteiger partial charge >= 0.3 is 0 Å². The monoisotopic (exact) mass is 146 g/mol. The van der Waals surface area contributed by atoms with Gasteiger partial charge in [0.05, 0.1) is 24.9 Å². The van der Waals surface area contributed by atoms with E-state index < -0.39 is 12.2 Å². The van der Waals surface area contributed by atoms with Crippen molar-refractivity contribution in [3.63, 3.8) is 0 Å². The third-order valence-electron chi connectivity index (χ3n) is 2.16. The van der Waals surface area contributed by atoms with Crippen LogP contribution in [0.1, 0.15) is 13.8 Å². The highest BCUT2D eigenvalue weighted by Gasteiger charge is 2.32. The molecule has 3 heteroatoms. The van der Waals surface area contributed by atoms with E-state index in [0.717, 1.165) is 0 Å². The molecule has 0 saturated carbocycles. The number of hydrogen-bond donors (Lipinski definition) is 2. The summed E-state index contributed by atoms with van der Waals surface area (Å²) in [7, 11) is 0. The van der Waals surface area contributed by atoms with Gasteiger partial charge in [0, 0.05) is 5.92 Å². The summed E-state index contributed by atoms with van der Waals surface area (Å²) in [5.74, 6) is -0.0660. The van der Waals surface area contributed by atoms with Gasteiger partial charge in [-0.1, -0.05) is 6.92 Å². The van der Waals surface area contributed by atoms with Crippen molar-refractivity contribution in [1.82, 2.24) is 0 Å². The van der Waals surface area contributed by atoms with Crippen LogP contribution in [0.15, 0.2) is 0 Å². The maximum atomic E-state index is 9.33. The van der Waals surface area contributed by atoms with Crippen molar-refractivity contribution >= 4 is 0 Å². The molecular formula is C7H14O3. The number of rotatable bonds is 0. The third-order valence-corrected chi connectivity index (χ3v) is 2.16. The normalized spacial score (nSPS) is 49.2. The molecule has 0 aromatic carbocycles. The standard InChI is InChI=1S/C7H14O3/c1-4-6(8)3-10-5(2)7(4)9/h4-9H,3H2,1-2H3/t4-,5-,6+,7+/m1/s1. The van der Waals surface area contributed by atoms with Crippen LogP contribution in [0.4, 0.5) is 0 Å². The van der Waals surface area contributed by atoms with Gasteiger partial charge < -0.3 is 14.9 Å². The molecule has 0 radical (unpaired) electrons. The van der Waals surface area contributed by atoms with Gasteiger partial charge in [0.25, 0.3) is 0 Å². The number of aliphatic hydroxyl groups is 2. The van der Waals surface area contributed by atoms with Crippen LogP contribution in [0.5, 0.6) is 0 Å². The fraction of sp³-hybridized carbons (Fsp3) is 1.00. The molecule has 2 N–H and O–H groups in total. The van der Waals surface area contributed by atoms with E-state index in [0.29, 0.717) is 6.61 Å². The van der Waals surface area contributed by atoms with Gasteiger partial charge in [-0.25, -0.2) is 0 Å². The summed E-state index contributed by atoms with van der Waals surface area (Å²) < 4.78 is 5.07. The van der Waals surface area contributed by atoms with E-state index in [1.807, 2.05) is 13.8 Å². The zero-order valence-corrected chi connectivity index (χ0v) is 6.32. The molecule has 1 rings (SSSR count). The maximum absolute atomic E-state index is 9.33. The molecule has 10 heavy (non-hydrogen) atoms. The first-order chi connectivity index (χ1) is 4.63. The molecule has 0 aliphatic carbocycles. The lowest BCUT2D eigenvalue weighted by Gasteiger charge is -2.34. The Balaban J connectivity index is 2.52. The van der Waals surface area contributed by atoms with E-state index >= 15 is 0 Å². The predicted octanol–water partition coefficient (Wildman–Crippen LogP) is -0.237. The van der Waals surface area contributed by atoms with Crippen LogP contribution in [-0.4, -0.2) is 35.1 Å². The molecule has 1 aliphatic heterocycles. The van der Waals surface area contributed by atoms with Gasteiger partial charge in [0.2, 0.25) is 0 Å². The second-order valence-electron chi connectivity index (χ2n) is 2.96. The Morgan fingerprint density at radius 1 is 1.30 bits per heavy atom. The van der Waals surface area contributed by atoms with E-state index in [9.17, 15) is 10.2 Å². The van der Waals surface area contributed by atoms with Crippen molar-refractivity contribution < 1.29 is 14.9 Å². The van der Waals surface area contributed by atoms with Crippen LogP contribution in [0, 0.1) is 5.92 Å². The molecule has 0 spiro atoms. The van der Waals surface area contributed by atoms with Crippen molar-refractivity contribution in [2.45, 2.75) is 32.2 Å². The summed E-state index contributed by atoms with van der Waals surface area (Å²) >= 11 is 0. The van der Waals surface area contributed by atoms with Crippen molar-refractivity contribution in [3.05, 3.63) is 0 Å². The summed E-state index contributed by atoms with van der Waals surface area (Å²) in [5, 5.41) is 18.5. The van der Waals surface area contributed by atoms with Crippen molar-refractivity contribution in [3.8, 4) is 0 Å². The van der Waals surface area contributed by atoms with E-state index in [2.05, 4.69) is 0 Å². The lowest BCUT2D eigenvalue weighted by molar-refractivity contribution is -0.147. The SMILES string of the molecule is C[C@H]1[C@H](O)[C@@H](C)OC[C@@H]1O. The van der Waals surface area contributed by atoms with Crippen LogP contribution in [0.2, 0.25) is 0 Å². The highest BCUT2D eigenvalue weighted by molar-refractivity contribution is 4.81. The smallest absolute Gasteiger partial charge is 0.0850 e. The fourth-order valence-electron chi connectivity index (χ4n) is 1.16. The van der Waals surface area contributed by atoms with Gasteiger partial charge in [0.15, 0.2) is 0 Å². The third kappa shape index (κ3) is 1.31. The van der Waals surface area contributed by atoms with Crippen LogP contribution in [0.25, 0.3) is 0 Å². The molecule has 60 valence electrons. The van der Waals surface area contributed by atoms with Crippen LogP contribution < -0.4 is 0 Å². The van der Waals surface area contributed by atoms with Gasteiger partial charge in [-0.15, -0.1) is 0 Å². The van der Waals surface area contributed by atoms with Crippen LogP contribution >= 0.6 is 0 Å². The van der Waals surface area contributed by atoms with Crippen molar-refractivity contribution in [2.75, 3.05) is 6.61 Å². The molecule has 0 unspecified atom stereocenters. The Bertz CT molecular complexity index is 101. The Morgan fingerprint density at radius 2 is 1.90 bits per heavy atom. The Labute approximate surface area is 60.6 Å². The molecule has 4 atom stereocenters. The summed E-state index contributed by atoms with van der Waals surface area (Å²) in [6.45, 7) is 3.99. The summed E-state index contributed by atoms with van der Waals surface area (Å²) in [4.78, 5) is 0. The average Bonchev–Trinajstić information content (AvgIpc) is 1.93. The summed E-state index contributed by atoms with van der Waals surface area (Å²) in [6, 6.07) is 0. The largest absolute Gasteiger partial charge is 0.390 e. The highest BCUT2D eigenvalue weighted by atomic mass is 16.5. The van der Waals surface area contributed by atoms with E-state index in [-0.39, 0.29) is 12.0 Å². The zero-order chi connectivity index (χ0) is 7.72. The number of ether oxygens (including phenoxy) is 1. The number of hydrogen-bond acceptors (Lipinski definition) is 3. The lowest BCUT2D eigenvalue weighted by Crippen LogP contribution is -2.46. The van der Waals surface area contributed by atoms with E-state index in [4.69, 9.17) is 4.74 Å². The minimum absolute atomic E-state index is 0.0660. The molecule has 0 aromatic heterocycles. The van der Waals surface area contributed by atoms with Crippen molar-refractivity contribution in [1.29, 1.82) is 0 Å². The number of aliphatic hydroxyl groups excluding tert-OH is 2. The van der Waals surface area contributed by atoms with Crippen LogP contribution in [-0.2, 0) is 4.74 Å². The molecule has 0 amide bonds. The van der Waals surface area contributed by atoms with Gasteiger partial charge in [-0.2, -0.15) is 0 Å². The Kier molecular flexibility index (Phi) is 2.28. The first-order valence-corrected chi connectivity index (χ1v) is 3.60. The van der Waals surface area contributed by atoms with E-state index in [1.165, 1.54) is 0 Å². The molecule has 1 fully saturated rings. The Hall–Kier alpha value is -0.120. The topological polar surface area (TPSA) is 49.7 Å². The molecule has 0 bridgehead atoms. The second-order valence-corrected chi connectivity index (χ2v) is 2.96. The summed E-state index contributed by atoms with van der Waals surface area (Å²) in [5.41, 5.74) is 0. The zero-order valence-electron chi connectivity index (χ0n) is 6.32. The first kappa shape index (κ1) is 7.98. The first-order valence-electron chi connectivity index (χ1n) is 3.60.